The van der Waals surface area contributed by atoms with Crippen molar-refractivity contribution in [3.63, 3.8) is 0 Å². The van der Waals surface area contributed by atoms with Crippen molar-refractivity contribution in [1.82, 2.24) is 9.78 Å². The van der Waals surface area contributed by atoms with E-state index in [1.165, 1.54) is 7.11 Å². The molecule has 0 atom stereocenters. The molecule has 19 heavy (non-hydrogen) atoms. The van der Waals surface area contributed by atoms with Crippen LogP contribution in [-0.2, 0) is 7.05 Å². The second-order valence-electron chi connectivity index (χ2n) is 3.80. The molecule has 0 aliphatic rings. The number of hydrogen-bond acceptors (Lipinski definition) is 3. The van der Waals surface area contributed by atoms with Crippen molar-refractivity contribution in [3.8, 4) is 5.75 Å². The molecular formula is C12H13ClN4O2. The fraction of sp³-hybridized carbons (Fsp3) is 0.167. The van der Waals surface area contributed by atoms with Crippen molar-refractivity contribution in [3.05, 3.63) is 35.5 Å². The minimum atomic E-state index is -0.417. The van der Waals surface area contributed by atoms with Crippen LogP contribution >= 0.6 is 11.6 Å². The number of methoxy groups -OCH3 is 1. The zero-order chi connectivity index (χ0) is 13.8. The number of halogens is 1. The predicted molar refractivity (Wildman–Crippen MR) is 73.9 cm³/mol. The Bertz CT molecular complexity index is 597. The van der Waals surface area contributed by atoms with Crippen LogP contribution in [0.1, 0.15) is 0 Å². The molecule has 1 aromatic heterocycles. The van der Waals surface area contributed by atoms with Crippen molar-refractivity contribution in [2.24, 2.45) is 7.05 Å². The van der Waals surface area contributed by atoms with Crippen molar-refractivity contribution in [2.75, 3.05) is 17.7 Å². The van der Waals surface area contributed by atoms with Gasteiger partial charge in [-0.1, -0.05) is 11.6 Å². The van der Waals surface area contributed by atoms with Crippen molar-refractivity contribution >= 4 is 29.1 Å². The van der Waals surface area contributed by atoms with Crippen LogP contribution in [0.3, 0.4) is 0 Å². The van der Waals surface area contributed by atoms with E-state index in [1.54, 1.807) is 42.2 Å². The number of ether oxygens (including phenoxy) is 1. The number of anilines is 2. The smallest absolute Gasteiger partial charge is 0.325 e. The van der Waals surface area contributed by atoms with E-state index in [1.807, 2.05) is 0 Å². The lowest BCUT2D eigenvalue weighted by atomic mass is 10.3. The Morgan fingerprint density at radius 2 is 2.16 bits per heavy atom. The van der Waals surface area contributed by atoms with Crippen molar-refractivity contribution in [1.29, 1.82) is 0 Å². The summed E-state index contributed by atoms with van der Waals surface area (Å²) in [6.45, 7) is 0. The van der Waals surface area contributed by atoms with Crippen LogP contribution in [-0.4, -0.2) is 22.9 Å². The van der Waals surface area contributed by atoms with E-state index in [0.29, 0.717) is 22.3 Å². The summed E-state index contributed by atoms with van der Waals surface area (Å²) in [5, 5.41) is 9.80. The number of amides is 2. The number of aromatic nitrogens is 2. The van der Waals surface area contributed by atoms with Gasteiger partial charge in [-0.3, -0.25) is 10.00 Å². The summed E-state index contributed by atoms with van der Waals surface area (Å²) >= 11 is 5.88. The molecule has 0 aliphatic heterocycles. The molecule has 0 saturated heterocycles. The van der Waals surface area contributed by atoms with Crippen LogP contribution in [0.2, 0.25) is 5.02 Å². The molecule has 1 heterocycles. The molecule has 0 bridgehead atoms. The van der Waals surface area contributed by atoms with E-state index in [4.69, 9.17) is 16.3 Å². The number of benzene rings is 1. The standard InChI is InChI=1S/C12H13ClN4O2/c1-17-6-5-11(16-17)15-12(18)14-9-7-8(13)3-4-10(9)19-2/h3-7H,1-2H3,(H2,14,15,16,18). The third-order valence-corrected chi connectivity index (χ3v) is 2.60. The Morgan fingerprint density at radius 1 is 1.37 bits per heavy atom. The average Bonchev–Trinajstić information content (AvgIpc) is 2.75. The zero-order valence-corrected chi connectivity index (χ0v) is 11.2. The maximum Gasteiger partial charge on any atom is 0.325 e. The maximum atomic E-state index is 11.8. The van der Waals surface area contributed by atoms with Gasteiger partial charge in [-0.15, -0.1) is 0 Å². The minimum Gasteiger partial charge on any atom is -0.495 e. The number of carbonyl (C=O) groups excluding carboxylic acids is 1. The van der Waals surface area contributed by atoms with Gasteiger partial charge in [-0.05, 0) is 18.2 Å². The highest BCUT2D eigenvalue weighted by Gasteiger charge is 2.09. The molecule has 0 aliphatic carbocycles. The van der Waals surface area contributed by atoms with Gasteiger partial charge < -0.3 is 10.1 Å². The molecule has 2 rings (SSSR count). The van der Waals surface area contributed by atoms with Gasteiger partial charge in [0.1, 0.15) is 5.75 Å². The number of carbonyl (C=O) groups is 1. The number of nitrogens with one attached hydrogen (secondary N) is 2. The number of urea groups is 1. The van der Waals surface area contributed by atoms with E-state index in [0.717, 1.165) is 0 Å². The first-order valence-electron chi connectivity index (χ1n) is 5.49. The second-order valence-corrected chi connectivity index (χ2v) is 4.23. The maximum absolute atomic E-state index is 11.8. The fourth-order valence-corrected chi connectivity index (χ4v) is 1.70. The highest BCUT2D eigenvalue weighted by atomic mass is 35.5. The molecule has 6 nitrogen and oxygen atoms in total. The van der Waals surface area contributed by atoms with Crippen LogP contribution in [0.5, 0.6) is 5.75 Å². The normalized spacial score (nSPS) is 10.1. The van der Waals surface area contributed by atoms with E-state index >= 15 is 0 Å². The third-order valence-electron chi connectivity index (χ3n) is 2.36. The van der Waals surface area contributed by atoms with Gasteiger partial charge in [-0.25, -0.2) is 4.79 Å². The minimum absolute atomic E-state index is 0.417. The number of aryl methyl sites for hydroxylation is 1. The van der Waals surface area contributed by atoms with Crippen LogP contribution in [0, 0.1) is 0 Å². The lowest BCUT2D eigenvalue weighted by Gasteiger charge is -2.10. The second kappa shape index (κ2) is 5.62. The number of hydrogen-bond donors (Lipinski definition) is 2. The molecule has 0 radical (unpaired) electrons. The monoisotopic (exact) mass is 280 g/mol. The van der Waals surface area contributed by atoms with Crippen molar-refractivity contribution in [2.45, 2.75) is 0 Å². The molecule has 0 fully saturated rings. The van der Waals surface area contributed by atoms with Gasteiger partial charge in [0.15, 0.2) is 5.82 Å². The molecule has 2 N–H and O–H groups in total. The summed E-state index contributed by atoms with van der Waals surface area (Å²) in [6.07, 6.45) is 1.73. The largest absolute Gasteiger partial charge is 0.495 e. The van der Waals surface area contributed by atoms with Crippen LogP contribution < -0.4 is 15.4 Å². The Balaban J connectivity index is 2.08. The summed E-state index contributed by atoms with van der Waals surface area (Å²) in [7, 11) is 3.29. The summed E-state index contributed by atoms with van der Waals surface area (Å²) in [6, 6.07) is 6.24. The first-order chi connectivity index (χ1) is 9.08. The Morgan fingerprint density at radius 3 is 2.79 bits per heavy atom. The average molecular weight is 281 g/mol. The molecule has 0 unspecified atom stereocenters. The summed E-state index contributed by atoms with van der Waals surface area (Å²) < 4.78 is 6.73. The summed E-state index contributed by atoms with van der Waals surface area (Å²) in [4.78, 5) is 11.8. The van der Waals surface area contributed by atoms with E-state index in [9.17, 15) is 4.79 Å². The Kier molecular flexibility index (Phi) is 3.91. The predicted octanol–water partition coefficient (Wildman–Crippen LogP) is 2.73. The quantitative estimate of drug-likeness (QED) is 0.908. The number of rotatable bonds is 3. The molecule has 0 spiro atoms. The van der Waals surface area contributed by atoms with Gasteiger partial charge >= 0.3 is 6.03 Å². The fourth-order valence-electron chi connectivity index (χ4n) is 1.53. The van der Waals surface area contributed by atoms with E-state index in [-0.39, 0.29) is 0 Å². The SMILES string of the molecule is COc1ccc(Cl)cc1NC(=O)Nc1ccn(C)n1. The molecule has 2 aromatic rings. The molecule has 1 aromatic carbocycles. The summed E-state index contributed by atoms with van der Waals surface area (Å²) in [5.41, 5.74) is 0.489. The Hall–Kier alpha value is -2.21. The van der Waals surface area contributed by atoms with Crippen LogP contribution in [0.25, 0.3) is 0 Å². The lowest BCUT2D eigenvalue weighted by Crippen LogP contribution is -2.20. The number of nitrogens with zero attached hydrogens (tertiary/aromatic N) is 2. The van der Waals surface area contributed by atoms with Gasteiger partial charge in [0, 0.05) is 24.3 Å². The summed E-state index contributed by atoms with van der Waals surface area (Å²) in [5.74, 6) is 0.988. The topological polar surface area (TPSA) is 68.2 Å². The first kappa shape index (κ1) is 13.2. The molecule has 0 saturated carbocycles. The van der Waals surface area contributed by atoms with Crippen LogP contribution in [0.15, 0.2) is 30.5 Å². The molecule has 7 heteroatoms. The van der Waals surface area contributed by atoms with Gasteiger partial charge in [0.05, 0.1) is 12.8 Å². The van der Waals surface area contributed by atoms with Gasteiger partial charge in [0.25, 0.3) is 0 Å². The highest BCUT2D eigenvalue weighted by molar-refractivity contribution is 6.31. The third kappa shape index (κ3) is 3.38. The van der Waals surface area contributed by atoms with Gasteiger partial charge in [0.2, 0.25) is 0 Å². The highest BCUT2D eigenvalue weighted by Crippen LogP contribution is 2.27. The van der Waals surface area contributed by atoms with Crippen molar-refractivity contribution < 1.29 is 9.53 Å². The lowest BCUT2D eigenvalue weighted by molar-refractivity contribution is 0.262. The van der Waals surface area contributed by atoms with Gasteiger partial charge in [-0.2, -0.15) is 5.10 Å². The zero-order valence-electron chi connectivity index (χ0n) is 10.5. The Labute approximate surface area is 115 Å². The van der Waals surface area contributed by atoms with E-state index in [2.05, 4.69) is 15.7 Å². The van der Waals surface area contributed by atoms with E-state index < -0.39 is 6.03 Å². The molecular weight excluding hydrogens is 268 g/mol. The van der Waals surface area contributed by atoms with Crippen LogP contribution in [0.4, 0.5) is 16.3 Å². The molecule has 100 valence electrons. The first-order valence-corrected chi connectivity index (χ1v) is 5.87. The molecule has 2 amide bonds.